The molecular formula is C15H10BrClN2O3S. The number of nitrogens with zero attached hydrogens (tertiary/aromatic N) is 1. The number of amides is 2. The zero-order chi connectivity index (χ0) is 17.1. The Morgan fingerprint density at radius 3 is 2.83 bits per heavy atom. The smallest absolute Gasteiger partial charge is 0.265 e. The van der Waals surface area contributed by atoms with Crippen molar-refractivity contribution in [3.63, 3.8) is 0 Å². The van der Waals surface area contributed by atoms with Crippen molar-refractivity contribution in [1.82, 2.24) is 10.2 Å². The fourth-order valence-electron chi connectivity index (χ4n) is 1.83. The van der Waals surface area contributed by atoms with Gasteiger partial charge in [0.2, 0.25) is 0 Å². The minimum absolute atomic E-state index is 0.0404. The quantitative estimate of drug-likeness (QED) is 0.358. The van der Waals surface area contributed by atoms with E-state index in [1.165, 1.54) is 18.0 Å². The van der Waals surface area contributed by atoms with Crippen LogP contribution in [-0.2, 0) is 9.59 Å². The summed E-state index contributed by atoms with van der Waals surface area (Å²) in [6, 6.07) is 3.23. The van der Waals surface area contributed by atoms with E-state index < -0.39 is 11.8 Å². The summed E-state index contributed by atoms with van der Waals surface area (Å²) < 4.78 is 5.88. The van der Waals surface area contributed by atoms with Gasteiger partial charge in [0.15, 0.2) is 10.9 Å². The average molecular weight is 414 g/mol. The number of terminal acetylenes is 1. The second-order valence-corrected chi connectivity index (χ2v) is 6.14. The van der Waals surface area contributed by atoms with E-state index in [1.54, 1.807) is 12.1 Å². The van der Waals surface area contributed by atoms with E-state index in [1.807, 2.05) is 0 Å². The molecule has 118 valence electrons. The first kappa shape index (κ1) is 17.5. The van der Waals surface area contributed by atoms with Crippen LogP contribution in [0.5, 0.6) is 5.75 Å². The SMILES string of the molecule is C#CCOc1c(Cl)cc(/C=C2\C(=O)NC(=S)N(C)C2=O)cc1Br. The number of hydrogen-bond donors (Lipinski definition) is 1. The fourth-order valence-corrected chi connectivity index (χ4v) is 2.99. The van der Waals surface area contributed by atoms with Gasteiger partial charge in [0.05, 0.1) is 9.50 Å². The molecule has 0 unspecified atom stereocenters. The molecule has 1 aliphatic rings. The maximum Gasteiger partial charge on any atom is 0.265 e. The summed E-state index contributed by atoms with van der Waals surface area (Å²) in [7, 11) is 1.48. The number of benzene rings is 1. The molecular weight excluding hydrogens is 404 g/mol. The van der Waals surface area contributed by atoms with Gasteiger partial charge in [-0.15, -0.1) is 6.42 Å². The number of rotatable bonds is 3. The van der Waals surface area contributed by atoms with Crippen LogP contribution >= 0.6 is 39.7 Å². The van der Waals surface area contributed by atoms with E-state index in [9.17, 15) is 9.59 Å². The van der Waals surface area contributed by atoms with Crippen LogP contribution in [0, 0.1) is 12.3 Å². The van der Waals surface area contributed by atoms with Gasteiger partial charge in [-0.1, -0.05) is 17.5 Å². The average Bonchev–Trinajstić information content (AvgIpc) is 2.49. The second-order valence-electron chi connectivity index (χ2n) is 4.49. The molecule has 0 radical (unpaired) electrons. The van der Waals surface area contributed by atoms with E-state index in [-0.39, 0.29) is 17.3 Å². The molecule has 1 aromatic rings. The maximum absolute atomic E-state index is 12.1. The number of ether oxygens (including phenoxy) is 1. The summed E-state index contributed by atoms with van der Waals surface area (Å²) in [5, 5.41) is 2.80. The van der Waals surface area contributed by atoms with Crippen LogP contribution in [0.15, 0.2) is 22.2 Å². The first-order valence-electron chi connectivity index (χ1n) is 6.25. The summed E-state index contributed by atoms with van der Waals surface area (Å²) >= 11 is 14.3. The zero-order valence-corrected chi connectivity index (χ0v) is 15.0. The Hall–Kier alpha value is -1.88. The standard InChI is InChI=1S/C15H10BrClN2O3S/c1-3-4-22-12-10(16)6-8(7-11(12)17)5-9-13(20)18-15(23)19(2)14(9)21/h1,5-7H,4H2,2H3,(H,18,20,23)/b9-5+. The van der Waals surface area contributed by atoms with Gasteiger partial charge in [-0.3, -0.25) is 19.8 Å². The topological polar surface area (TPSA) is 58.6 Å². The molecule has 1 fully saturated rings. The van der Waals surface area contributed by atoms with Gasteiger partial charge in [-0.25, -0.2) is 0 Å². The Morgan fingerprint density at radius 1 is 1.52 bits per heavy atom. The molecule has 0 saturated carbocycles. The van der Waals surface area contributed by atoms with Crippen molar-refractivity contribution in [3.05, 3.63) is 32.8 Å². The van der Waals surface area contributed by atoms with E-state index in [2.05, 4.69) is 27.2 Å². The number of carbonyl (C=O) groups is 2. The normalized spacial score (nSPS) is 16.3. The highest BCUT2D eigenvalue weighted by Crippen LogP contribution is 2.35. The molecule has 0 bridgehead atoms. The van der Waals surface area contributed by atoms with Crippen molar-refractivity contribution in [1.29, 1.82) is 0 Å². The summed E-state index contributed by atoms with van der Waals surface area (Å²) in [6.45, 7) is 0.0713. The Kier molecular flexibility index (Phi) is 5.42. The molecule has 1 heterocycles. The van der Waals surface area contributed by atoms with E-state index in [0.29, 0.717) is 20.8 Å². The summed E-state index contributed by atoms with van der Waals surface area (Å²) in [5.74, 6) is 1.69. The van der Waals surface area contributed by atoms with Crippen LogP contribution in [0.2, 0.25) is 5.02 Å². The first-order chi connectivity index (χ1) is 10.8. The molecule has 1 saturated heterocycles. The summed E-state index contributed by atoms with van der Waals surface area (Å²) in [4.78, 5) is 25.3. The molecule has 0 spiro atoms. The summed E-state index contributed by atoms with van der Waals surface area (Å²) in [6.07, 6.45) is 6.57. The highest BCUT2D eigenvalue weighted by atomic mass is 79.9. The van der Waals surface area contributed by atoms with Gasteiger partial charge in [0, 0.05) is 7.05 Å². The lowest BCUT2D eigenvalue weighted by Crippen LogP contribution is -2.52. The Labute approximate surface area is 151 Å². The lowest BCUT2D eigenvalue weighted by Gasteiger charge is -2.25. The minimum Gasteiger partial charge on any atom is -0.478 e. The number of thiocarbonyl (C=S) groups is 1. The number of nitrogens with one attached hydrogen (secondary N) is 1. The lowest BCUT2D eigenvalue weighted by molar-refractivity contribution is -0.128. The third-order valence-corrected chi connectivity index (χ3v) is 4.18. The highest BCUT2D eigenvalue weighted by molar-refractivity contribution is 9.10. The van der Waals surface area contributed by atoms with Gasteiger partial charge in [0.1, 0.15) is 12.2 Å². The molecule has 23 heavy (non-hydrogen) atoms. The van der Waals surface area contributed by atoms with Crippen LogP contribution in [0.25, 0.3) is 6.08 Å². The lowest BCUT2D eigenvalue weighted by atomic mass is 10.1. The predicted molar refractivity (Wildman–Crippen MR) is 95.0 cm³/mol. The van der Waals surface area contributed by atoms with Gasteiger partial charge in [-0.05, 0) is 51.9 Å². The molecule has 0 atom stereocenters. The van der Waals surface area contributed by atoms with E-state index in [4.69, 9.17) is 35.0 Å². The van der Waals surface area contributed by atoms with Crippen LogP contribution in [-0.4, -0.2) is 35.5 Å². The van der Waals surface area contributed by atoms with E-state index in [0.717, 1.165) is 0 Å². The Balaban J connectivity index is 2.39. The van der Waals surface area contributed by atoms with E-state index >= 15 is 0 Å². The first-order valence-corrected chi connectivity index (χ1v) is 7.83. The van der Waals surface area contributed by atoms with Crippen LogP contribution < -0.4 is 10.1 Å². The van der Waals surface area contributed by atoms with Gasteiger partial charge >= 0.3 is 0 Å². The molecule has 8 heteroatoms. The van der Waals surface area contributed by atoms with Crippen LogP contribution in [0.1, 0.15) is 5.56 Å². The van der Waals surface area contributed by atoms with Gasteiger partial charge in [0.25, 0.3) is 11.8 Å². The molecule has 1 aliphatic heterocycles. The van der Waals surface area contributed by atoms with Crippen molar-refractivity contribution in [2.24, 2.45) is 0 Å². The molecule has 5 nitrogen and oxygen atoms in total. The largest absolute Gasteiger partial charge is 0.478 e. The van der Waals surface area contributed by atoms with Gasteiger partial charge < -0.3 is 4.74 Å². The van der Waals surface area contributed by atoms with Crippen molar-refractivity contribution in [3.8, 4) is 18.1 Å². The van der Waals surface area contributed by atoms with Crippen molar-refractivity contribution >= 4 is 62.8 Å². The molecule has 1 N–H and O–H groups in total. The van der Waals surface area contributed by atoms with Gasteiger partial charge in [-0.2, -0.15) is 0 Å². The number of likely N-dealkylation sites (N-methyl/N-ethyl adjacent to an activating group) is 1. The number of hydrogen-bond acceptors (Lipinski definition) is 4. The molecule has 2 rings (SSSR count). The Bertz CT molecular complexity index is 762. The predicted octanol–water partition coefficient (Wildman–Crippen LogP) is 2.37. The maximum atomic E-state index is 12.1. The fraction of sp³-hybridized carbons (Fsp3) is 0.133. The Morgan fingerprint density at radius 2 is 2.22 bits per heavy atom. The second kappa shape index (κ2) is 7.13. The molecule has 0 aliphatic carbocycles. The van der Waals surface area contributed by atoms with Crippen molar-refractivity contribution in [2.75, 3.05) is 13.7 Å². The molecule has 1 aromatic carbocycles. The zero-order valence-electron chi connectivity index (χ0n) is 11.9. The van der Waals surface area contributed by atoms with Crippen LogP contribution in [0.4, 0.5) is 0 Å². The molecule has 2 amide bonds. The highest BCUT2D eigenvalue weighted by Gasteiger charge is 2.30. The number of halogens is 2. The molecule has 0 aromatic heterocycles. The monoisotopic (exact) mass is 412 g/mol. The van der Waals surface area contributed by atoms with Crippen molar-refractivity contribution in [2.45, 2.75) is 0 Å². The van der Waals surface area contributed by atoms with Crippen molar-refractivity contribution < 1.29 is 14.3 Å². The number of carbonyl (C=O) groups excluding carboxylic acids is 2. The third-order valence-electron chi connectivity index (χ3n) is 2.94. The summed E-state index contributed by atoms with van der Waals surface area (Å²) in [5.41, 5.74) is 0.510. The third kappa shape index (κ3) is 3.72. The minimum atomic E-state index is -0.557. The van der Waals surface area contributed by atoms with Crippen LogP contribution in [0.3, 0.4) is 0 Å².